The summed E-state index contributed by atoms with van der Waals surface area (Å²) >= 11 is 6.38. The zero-order chi connectivity index (χ0) is 24.1. The number of benzene rings is 2. The summed E-state index contributed by atoms with van der Waals surface area (Å²) in [5.74, 6) is -1.32. The molecule has 1 aromatic heterocycles. The fraction of sp³-hybridized carbons (Fsp3) is 0.250. The zero-order valence-corrected chi connectivity index (χ0v) is 19.4. The first kappa shape index (κ1) is 24.0. The van der Waals surface area contributed by atoms with E-state index in [9.17, 15) is 14.4 Å². The first-order valence-electron chi connectivity index (χ1n) is 10.3. The van der Waals surface area contributed by atoms with E-state index >= 15 is 0 Å². The third-order valence-corrected chi connectivity index (χ3v) is 4.82. The Kier molecular flexibility index (Phi) is 7.50. The van der Waals surface area contributed by atoms with E-state index in [1.807, 2.05) is 0 Å². The number of anilines is 3. The van der Waals surface area contributed by atoms with Crippen LogP contribution in [0.4, 0.5) is 17.1 Å². The highest BCUT2D eigenvalue weighted by molar-refractivity contribution is 6.33. The molecule has 0 saturated heterocycles. The van der Waals surface area contributed by atoms with Crippen LogP contribution in [0.1, 0.15) is 48.4 Å². The number of hydrogen-bond acceptors (Lipinski definition) is 7. The molecule has 0 spiro atoms. The zero-order valence-electron chi connectivity index (χ0n) is 18.7. The molecule has 1 amide bonds. The number of amides is 1. The Morgan fingerprint density at radius 1 is 1.09 bits per heavy atom. The summed E-state index contributed by atoms with van der Waals surface area (Å²) < 4.78 is 10.5. The van der Waals surface area contributed by atoms with Gasteiger partial charge in [0, 0.05) is 24.2 Å². The first-order valence-corrected chi connectivity index (χ1v) is 10.7. The Hall–Kier alpha value is -3.65. The molecule has 0 saturated carbocycles. The minimum Gasteiger partial charge on any atom is -0.462 e. The lowest BCUT2D eigenvalue weighted by molar-refractivity contribution is -0.114. The number of fused-ring (bicyclic) bond motifs is 1. The first-order chi connectivity index (χ1) is 15.7. The van der Waals surface area contributed by atoms with Gasteiger partial charge < -0.3 is 20.1 Å². The Morgan fingerprint density at radius 3 is 2.52 bits per heavy atom. The normalized spacial score (nSPS) is 10.7. The number of nitrogens with one attached hydrogen (secondary N) is 2. The molecule has 2 N–H and O–H groups in total. The van der Waals surface area contributed by atoms with Gasteiger partial charge in [0.05, 0.1) is 40.2 Å². The second-order valence-corrected chi connectivity index (χ2v) is 7.86. The molecule has 9 heteroatoms. The van der Waals surface area contributed by atoms with Crippen molar-refractivity contribution in [3.8, 4) is 0 Å². The predicted octanol–water partition coefficient (Wildman–Crippen LogP) is 5.33. The maximum Gasteiger partial charge on any atom is 0.341 e. The Labute approximate surface area is 196 Å². The van der Waals surface area contributed by atoms with Crippen LogP contribution in [-0.4, -0.2) is 35.5 Å². The molecule has 0 atom stereocenters. The maximum atomic E-state index is 12.7. The van der Waals surface area contributed by atoms with E-state index < -0.39 is 11.9 Å². The van der Waals surface area contributed by atoms with E-state index in [0.717, 1.165) is 0 Å². The van der Waals surface area contributed by atoms with Gasteiger partial charge in [-0.15, -0.1) is 0 Å². The fourth-order valence-electron chi connectivity index (χ4n) is 3.14. The number of ether oxygens (including phenoxy) is 2. The van der Waals surface area contributed by atoms with Crippen LogP contribution in [0.5, 0.6) is 0 Å². The molecule has 0 aliphatic heterocycles. The standard InChI is InChI=1S/C24H24ClN3O5/c1-5-32-24(31)18-12-26-20-9-6-15(23(30)33-13(2)3)10-17(20)22(18)28-21-11-16(27-14(4)29)7-8-19(21)25/h6-13H,5H2,1-4H3,(H,26,28)(H,27,29). The van der Waals surface area contributed by atoms with Gasteiger partial charge in [0.1, 0.15) is 5.56 Å². The van der Waals surface area contributed by atoms with Gasteiger partial charge in [-0.3, -0.25) is 9.78 Å². The van der Waals surface area contributed by atoms with Crippen LogP contribution < -0.4 is 10.6 Å². The van der Waals surface area contributed by atoms with Crippen LogP contribution in [0.15, 0.2) is 42.6 Å². The van der Waals surface area contributed by atoms with Crippen molar-refractivity contribution in [2.24, 2.45) is 0 Å². The molecule has 0 unspecified atom stereocenters. The highest BCUT2D eigenvalue weighted by Gasteiger charge is 2.20. The van der Waals surface area contributed by atoms with Gasteiger partial charge in [0.15, 0.2) is 0 Å². The second-order valence-electron chi connectivity index (χ2n) is 7.45. The van der Waals surface area contributed by atoms with Crippen molar-refractivity contribution in [2.45, 2.75) is 33.8 Å². The van der Waals surface area contributed by atoms with Crippen LogP contribution in [0, 0.1) is 0 Å². The number of rotatable bonds is 7. The Bertz CT molecular complexity index is 1230. The van der Waals surface area contributed by atoms with Gasteiger partial charge in [0.25, 0.3) is 0 Å². The largest absolute Gasteiger partial charge is 0.462 e. The van der Waals surface area contributed by atoms with Crippen LogP contribution >= 0.6 is 11.6 Å². The van der Waals surface area contributed by atoms with E-state index in [1.54, 1.807) is 57.2 Å². The third-order valence-electron chi connectivity index (χ3n) is 4.49. The topological polar surface area (TPSA) is 107 Å². The predicted molar refractivity (Wildman–Crippen MR) is 127 cm³/mol. The molecule has 8 nitrogen and oxygen atoms in total. The average molecular weight is 470 g/mol. The van der Waals surface area contributed by atoms with Crippen molar-refractivity contribution in [2.75, 3.05) is 17.2 Å². The van der Waals surface area contributed by atoms with Crippen molar-refractivity contribution in [3.63, 3.8) is 0 Å². The molecule has 172 valence electrons. The summed E-state index contributed by atoms with van der Waals surface area (Å²) in [6, 6.07) is 9.80. The smallest absolute Gasteiger partial charge is 0.341 e. The number of nitrogens with zero attached hydrogens (tertiary/aromatic N) is 1. The van der Waals surface area contributed by atoms with Gasteiger partial charge in [-0.1, -0.05) is 11.6 Å². The van der Waals surface area contributed by atoms with Crippen LogP contribution in [-0.2, 0) is 14.3 Å². The van der Waals surface area contributed by atoms with E-state index in [4.69, 9.17) is 21.1 Å². The molecule has 0 fully saturated rings. The van der Waals surface area contributed by atoms with Crippen molar-refractivity contribution in [1.82, 2.24) is 4.98 Å². The van der Waals surface area contributed by atoms with Crippen molar-refractivity contribution >= 4 is 57.4 Å². The van der Waals surface area contributed by atoms with E-state index in [0.29, 0.717) is 38.6 Å². The molecule has 2 aromatic carbocycles. The monoisotopic (exact) mass is 469 g/mol. The second kappa shape index (κ2) is 10.3. The highest BCUT2D eigenvalue weighted by Crippen LogP contribution is 2.34. The van der Waals surface area contributed by atoms with Crippen LogP contribution in [0.3, 0.4) is 0 Å². The molecule has 0 radical (unpaired) electrons. The minimum atomic E-state index is -0.585. The van der Waals surface area contributed by atoms with E-state index in [1.165, 1.54) is 13.1 Å². The summed E-state index contributed by atoms with van der Waals surface area (Å²) in [6.07, 6.45) is 1.12. The maximum absolute atomic E-state index is 12.7. The number of esters is 2. The van der Waals surface area contributed by atoms with E-state index in [2.05, 4.69) is 15.6 Å². The van der Waals surface area contributed by atoms with Crippen molar-refractivity contribution < 1.29 is 23.9 Å². The summed E-state index contributed by atoms with van der Waals surface area (Å²) in [4.78, 5) is 41.0. The number of aromatic nitrogens is 1. The van der Waals surface area contributed by atoms with E-state index in [-0.39, 0.29) is 24.2 Å². The molecular weight excluding hydrogens is 446 g/mol. The molecule has 0 bridgehead atoms. The minimum absolute atomic E-state index is 0.166. The van der Waals surface area contributed by atoms with Crippen molar-refractivity contribution in [1.29, 1.82) is 0 Å². The molecule has 0 aliphatic carbocycles. The number of carbonyl (C=O) groups excluding carboxylic acids is 3. The lowest BCUT2D eigenvalue weighted by atomic mass is 10.1. The fourth-order valence-corrected chi connectivity index (χ4v) is 3.30. The Morgan fingerprint density at radius 2 is 1.85 bits per heavy atom. The summed E-state index contributed by atoms with van der Waals surface area (Å²) in [5.41, 5.74) is 2.34. The number of pyridine rings is 1. The molecule has 3 rings (SSSR count). The summed E-state index contributed by atoms with van der Waals surface area (Å²) in [6.45, 7) is 6.80. The van der Waals surface area contributed by atoms with Gasteiger partial charge in [-0.05, 0) is 57.2 Å². The van der Waals surface area contributed by atoms with Crippen molar-refractivity contribution in [3.05, 3.63) is 58.7 Å². The molecule has 33 heavy (non-hydrogen) atoms. The average Bonchev–Trinajstić information content (AvgIpc) is 2.75. The van der Waals surface area contributed by atoms with Gasteiger partial charge in [-0.2, -0.15) is 0 Å². The molecular formula is C24H24ClN3O5. The van der Waals surface area contributed by atoms with Gasteiger partial charge >= 0.3 is 11.9 Å². The van der Waals surface area contributed by atoms with Gasteiger partial charge in [-0.25, -0.2) is 9.59 Å². The summed E-state index contributed by atoms with van der Waals surface area (Å²) in [7, 11) is 0. The quantitative estimate of drug-likeness (QED) is 0.450. The number of halogens is 1. The molecule has 0 aliphatic rings. The summed E-state index contributed by atoms with van der Waals surface area (Å²) in [5, 5.41) is 6.72. The molecule has 1 heterocycles. The van der Waals surface area contributed by atoms with Gasteiger partial charge in [0.2, 0.25) is 5.91 Å². The molecule has 3 aromatic rings. The Balaban J connectivity index is 2.17. The lowest BCUT2D eigenvalue weighted by Crippen LogP contribution is -2.12. The van der Waals surface area contributed by atoms with Crippen LogP contribution in [0.25, 0.3) is 10.9 Å². The van der Waals surface area contributed by atoms with Crippen LogP contribution in [0.2, 0.25) is 5.02 Å². The number of carbonyl (C=O) groups is 3. The highest BCUT2D eigenvalue weighted by atomic mass is 35.5. The SMILES string of the molecule is CCOC(=O)c1cnc2ccc(C(=O)OC(C)C)cc2c1Nc1cc(NC(C)=O)ccc1Cl. The third kappa shape index (κ3) is 5.78. The number of hydrogen-bond donors (Lipinski definition) is 2. The lowest BCUT2D eigenvalue weighted by Gasteiger charge is -2.17.